The zero-order valence-corrected chi connectivity index (χ0v) is 13.7. The lowest BCUT2D eigenvalue weighted by Crippen LogP contribution is -2.08. The fourth-order valence-corrected chi connectivity index (χ4v) is 3.52. The number of aromatic hydroxyl groups is 1. The van der Waals surface area contributed by atoms with E-state index in [0.29, 0.717) is 11.8 Å². The third-order valence-electron chi connectivity index (χ3n) is 3.57. The SMILES string of the molecule is CCCCCCOS(=O)(=O)c1cc([N+]#N)c(O)c2ccccc12. The fourth-order valence-electron chi connectivity index (χ4n) is 2.36. The van der Waals surface area contributed by atoms with Crippen molar-refractivity contribution in [2.75, 3.05) is 6.61 Å². The molecule has 2 aromatic rings. The van der Waals surface area contributed by atoms with Gasteiger partial charge in [0.15, 0.2) is 4.98 Å². The monoisotopic (exact) mass is 335 g/mol. The van der Waals surface area contributed by atoms with Crippen molar-refractivity contribution in [1.29, 1.82) is 5.39 Å². The maximum Gasteiger partial charge on any atom is 0.428 e. The predicted octanol–water partition coefficient (Wildman–Crippen LogP) is 4.32. The van der Waals surface area contributed by atoms with Gasteiger partial charge >= 0.3 is 5.69 Å². The summed E-state index contributed by atoms with van der Waals surface area (Å²) in [7, 11) is -4.01. The van der Waals surface area contributed by atoms with E-state index in [9.17, 15) is 13.5 Å². The number of phenols is 1. The van der Waals surface area contributed by atoms with Gasteiger partial charge in [0.25, 0.3) is 10.1 Å². The number of benzene rings is 2. The third-order valence-corrected chi connectivity index (χ3v) is 4.92. The maximum atomic E-state index is 12.4. The van der Waals surface area contributed by atoms with Gasteiger partial charge in [0.2, 0.25) is 11.1 Å². The first-order valence-corrected chi connectivity index (χ1v) is 8.91. The van der Waals surface area contributed by atoms with E-state index >= 15 is 0 Å². The molecule has 0 saturated carbocycles. The summed E-state index contributed by atoms with van der Waals surface area (Å²) in [6.45, 7) is 2.17. The molecule has 0 unspecified atom stereocenters. The minimum absolute atomic E-state index is 0.100. The number of phenolic OH excluding ortho intramolecular Hbond substituents is 1. The summed E-state index contributed by atoms with van der Waals surface area (Å²) < 4.78 is 29.9. The van der Waals surface area contributed by atoms with Gasteiger partial charge in [-0.2, -0.15) is 8.42 Å². The molecule has 1 N–H and O–H groups in total. The highest BCUT2D eigenvalue weighted by atomic mass is 32.2. The quantitative estimate of drug-likeness (QED) is 0.462. The zero-order chi connectivity index (χ0) is 16.9. The van der Waals surface area contributed by atoms with Crippen LogP contribution in [0.3, 0.4) is 0 Å². The highest BCUT2D eigenvalue weighted by Gasteiger charge is 2.27. The highest BCUT2D eigenvalue weighted by molar-refractivity contribution is 7.87. The molecule has 0 aliphatic rings. The van der Waals surface area contributed by atoms with E-state index in [1.807, 2.05) is 0 Å². The van der Waals surface area contributed by atoms with Crippen molar-refractivity contribution in [1.82, 2.24) is 0 Å². The molecule has 0 aliphatic heterocycles. The number of nitrogens with zero attached hydrogens (tertiary/aromatic N) is 2. The molecule has 0 atom stereocenters. The Morgan fingerprint density at radius 1 is 1.17 bits per heavy atom. The maximum absolute atomic E-state index is 12.4. The first-order chi connectivity index (χ1) is 11.0. The minimum atomic E-state index is -4.01. The largest absolute Gasteiger partial charge is 0.501 e. The van der Waals surface area contributed by atoms with E-state index in [4.69, 9.17) is 9.58 Å². The van der Waals surface area contributed by atoms with E-state index < -0.39 is 10.1 Å². The smallest absolute Gasteiger partial charge is 0.428 e. The minimum Gasteiger partial charge on any atom is -0.501 e. The van der Waals surface area contributed by atoms with Crippen LogP contribution in [0.2, 0.25) is 0 Å². The van der Waals surface area contributed by atoms with Crippen molar-refractivity contribution < 1.29 is 17.7 Å². The van der Waals surface area contributed by atoms with Crippen molar-refractivity contribution in [3.63, 3.8) is 0 Å². The Labute approximate surface area is 135 Å². The van der Waals surface area contributed by atoms with E-state index in [2.05, 4.69) is 11.9 Å². The molecule has 0 fully saturated rings. The summed E-state index contributed by atoms with van der Waals surface area (Å²) in [5.74, 6) is -0.273. The Hall–Kier alpha value is -2.17. The average Bonchev–Trinajstić information content (AvgIpc) is 2.55. The van der Waals surface area contributed by atoms with Gasteiger partial charge < -0.3 is 5.11 Å². The highest BCUT2D eigenvalue weighted by Crippen LogP contribution is 2.39. The molecule has 0 bridgehead atoms. The van der Waals surface area contributed by atoms with Gasteiger partial charge in [-0.05, 0) is 6.42 Å². The van der Waals surface area contributed by atoms with Crippen LogP contribution in [-0.4, -0.2) is 20.1 Å². The number of fused-ring (bicyclic) bond motifs is 1. The van der Waals surface area contributed by atoms with Crippen LogP contribution < -0.4 is 0 Å². The lowest BCUT2D eigenvalue weighted by Gasteiger charge is -2.08. The van der Waals surface area contributed by atoms with Crippen molar-refractivity contribution in [2.45, 2.75) is 37.5 Å². The summed E-state index contributed by atoms with van der Waals surface area (Å²) in [6.07, 6.45) is 3.63. The number of hydrogen-bond acceptors (Lipinski definition) is 5. The van der Waals surface area contributed by atoms with Crippen LogP contribution in [0.5, 0.6) is 5.75 Å². The van der Waals surface area contributed by atoms with Crippen LogP contribution in [0.4, 0.5) is 5.69 Å². The van der Waals surface area contributed by atoms with Gasteiger partial charge in [0.1, 0.15) is 4.90 Å². The van der Waals surface area contributed by atoms with Crippen LogP contribution in [0.25, 0.3) is 15.7 Å². The molecule has 0 aliphatic carbocycles. The molecule has 0 saturated heterocycles. The third kappa shape index (κ3) is 3.78. The van der Waals surface area contributed by atoms with Crippen LogP contribution in [0.1, 0.15) is 32.6 Å². The van der Waals surface area contributed by atoms with Crippen LogP contribution in [0, 0.1) is 5.39 Å². The Bertz CT molecular complexity index is 841. The van der Waals surface area contributed by atoms with Crippen LogP contribution in [-0.2, 0) is 14.3 Å². The van der Waals surface area contributed by atoms with Gasteiger partial charge in [-0.3, -0.25) is 4.18 Å². The molecule has 6 nitrogen and oxygen atoms in total. The van der Waals surface area contributed by atoms with E-state index in [1.165, 1.54) is 0 Å². The number of diazo groups is 1. The second-order valence-electron chi connectivity index (χ2n) is 5.22. The standard InChI is InChI=1S/C16H18N2O4S/c1-2-3-4-7-10-22-23(20,21)15-11-14(18-17)16(19)13-9-6-5-8-12(13)15/h5-6,8-9,11H,2-4,7,10H2,1H3/p+1. The molecule has 7 heteroatoms. The molecule has 0 spiro atoms. The average molecular weight is 335 g/mol. The molecule has 0 amide bonds. The first-order valence-electron chi connectivity index (χ1n) is 7.50. The lowest BCUT2D eigenvalue weighted by molar-refractivity contribution is 0.307. The van der Waals surface area contributed by atoms with Gasteiger partial charge in [0, 0.05) is 10.8 Å². The predicted molar refractivity (Wildman–Crippen MR) is 87.6 cm³/mol. The Morgan fingerprint density at radius 3 is 2.52 bits per heavy atom. The van der Waals surface area contributed by atoms with E-state index in [0.717, 1.165) is 25.3 Å². The van der Waals surface area contributed by atoms with Crippen molar-refractivity contribution in [3.8, 4) is 5.75 Å². The van der Waals surface area contributed by atoms with E-state index in [1.54, 1.807) is 24.3 Å². The molecule has 23 heavy (non-hydrogen) atoms. The molecule has 2 rings (SSSR count). The first kappa shape index (κ1) is 17.2. The van der Waals surface area contributed by atoms with Gasteiger partial charge in [-0.25, -0.2) is 0 Å². The van der Waals surface area contributed by atoms with Crippen molar-refractivity contribution in [3.05, 3.63) is 35.3 Å². The van der Waals surface area contributed by atoms with Crippen LogP contribution in [0.15, 0.2) is 35.2 Å². The number of rotatable bonds is 7. The second kappa shape index (κ2) is 7.40. The summed E-state index contributed by atoms with van der Waals surface area (Å²) in [5.41, 5.74) is -0.211. The normalized spacial score (nSPS) is 11.5. The lowest BCUT2D eigenvalue weighted by atomic mass is 10.1. The zero-order valence-electron chi connectivity index (χ0n) is 12.9. The molecule has 0 radical (unpaired) electrons. The van der Waals surface area contributed by atoms with Crippen molar-refractivity contribution >= 4 is 26.6 Å². The van der Waals surface area contributed by atoms with Crippen LogP contribution >= 0.6 is 0 Å². The second-order valence-corrected chi connectivity index (χ2v) is 6.81. The van der Waals surface area contributed by atoms with E-state index in [-0.39, 0.29) is 28.3 Å². The Morgan fingerprint density at radius 2 is 1.87 bits per heavy atom. The topological polar surface area (TPSA) is 91.8 Å². The fraction of sp³-hybridized carbons (Fsp3) is 0.375. The van der Waals surface area contributed by atoms with Gasteiger partial charge in [0.05, 0.1) is 12.7 Å². The Kier molecular flexibility index (Phi) is 5.53. The van der Waals surface area contributed by atoms with Gasteiger partial charge in [-0.15, -0.1) is 0 Å². The molecule has 0 aromatic heterocycles. The number of hydrogen-bond donors (Lipinski definition) is 1. The summed E-state index contributed by atoms with van der Waals surface area (Å²) in [5, 5.41) is 19.6. The molecule has 122 valence electrons. The Balaban J connectivity index is 2.38. The summed E-state index contributed by atoms with van der Waals surface area (Å²) in [6, 6.07) is 7.56. The molecular weight excluding hydrogens is 316 g/mol. The number of unbranched alkanes of at least 4 members (excludes halogenated alkanes) is 3. The molecular formula is C16H19N2O4S+. The summed E-state index contributed by atoms with van der Waals surface area (Å²) in [4.78, 5) is 2.83. The molecule has 0 heterocycles. The van der Waals surface area contributed by atoms with Gasteiger partial charge in [-0.1, -0.05) is 50.5 Å². The molecule has 2 aromatic carbocycles. The summed E-state index contributed by atoms with van der Waals surface area (Å²) >= 11 is 0. The van der Waals surface area contributed by atoms with Crippen molar-refractivity contribution in [2.24, 2.45) is 0 Å².